The van der Waals surface area contributed by atoms with Gasteiger partial charge in [-0.05, 0) is 26.0 Å². The molecule has 1 unspecified atom stereocenters. The Balaban J connectivity index is 2.22. The van der Waals surface area contributed by atoms with Gasteiger partial charge in [-0.2, -0.15) is 0 Å². The Hall–Kier alpha value is -1.35. The number of rotatable bonds is 1. The van der Waals surface area contributed by atoms with Crippen LogP contribution in [0.25, 0.3) is 0 Å². The Morgan fingerprint density at radius 3 is 2.67 bits per heavy atom. The highest BCUT2D eigenvalue weighted by Gasteiger charge is 2.26. The minimum Gasteiger partial charge on any atom is -0.367 e. The molecule has 3 heteroatoms. The molecular weight excluding hydrogens is 190 g/mol. The fourth-order valence-corrected chi connectivity index (χ4v) is 1.70. The normalized spacial score (nSPS) is 21.9. The van der Waals surface area contributed by atoms with Gasteiger partial charge in [-0.15, -0.1) is 0 Å². The lowest BCUT2D eigenvalue weighted by Crippen LogP contribution is -2.46. The van der Waals surface area contributed by atoms with E-state index in [4.69, 9.17) is 4.74 Å². The van der Waals surface area contributed by atoms with Crippen LogP contribution < -0.4 is 4.90 Å². The van der Waals surface area contributed by atoms with Crippen LogP contribution in [0.4, 0.5) is 5.69 Å². The number of carbonyl (C=O) groups is 1. The van der Waals surface area contributed by atoms with Crippen LogP contribution in [0.15, 0.2) is 24.3 Å². The van der Waals surface area contributed by atoms with Crippen LogP contribution in [0.1, 0.15) is 12.5 Å². The number of benzene rings is 1. The zero-order valence-corrected chi connectivity index (χ0v) is 9.06. The monoisotopic (exact) mass is 205 g/mol. The topological polar surface area (TPSA) is 29.5 Å². The molecule has 1 aromatic rings. The third-order valence-corrected chi connectivity index (χ3v) is 2.64. The quantitative estimate of drug-likeness (QED) is 0.699. The standard InChI is InChI=1S/C12H15NO2/c1-9-3-5-11(6-4-9)13-7-8-15-10(2)12(13)14/h3-6,10H,7-8H2,1-2H3. The summed E-state index contributed by atoms with van der Waals surface area (Å²) in [5, 5.41) is 0. The van der Waals surface area contributed by atoms with Gasteiger partial charge in [0.05, 0.1) is 6.61 Å². The van der Waals surface area contributed by atoms with E-state index in [9.17, 15) is 4.79 Å². The molecule has 15 heavy (non-hydrogen) atoms. The first kappa shape index (κ1) is 10.2. The largest absolute Gasteiger partial charge is 0.367 e. The van der Waals surface area contributed by atoms with Crippen molar-refractivity contribution in [1.82, 2.24) is 0 Å². The minimum absolute atomic E-state index is 0.0464. The molecule has 0 aliphatic carbocycles. The molecule has 1 atom stereocenters. The second kappa shape index (κ2) is 4.03. The van der Waals surface area contributed by atoms with Crippen molar-refractivity contribution in [3.63, 3.8) is 0 Å². The summed E-state index contributed by atoms with van der Waals surface area (Å²) in [6.07, 6.45) is -0.319. The van der Waals surface area contributed by atoms with Crippen molar-refractivity contribution < 1.29 is 9.53 Å². The van der Waals surface area contributed by atoms with Crippen molar-refractivity contribution in [3.05, 3.63) is 29.8 Å². The predicted molar refractivity (Wildman–Crippen MR) is 58.9 cm³/mol. The van der Waals surface area contributed by atoms with Crippen molar-refractivity contribution in [2.24, 2.45) is 0 Å². The highest BCUT2D eigenvalue weighted by molar-refractivity contribution is 5.96. The smallest absolute Gasteiger partial charge is 0.255 e. The molecule has 0 aromatic heterocycles. The third kappa shape index (κ3) is 2.02. The molecule has 1 aliphatic heterocycles. The van der Waals surface area contributed by atoms with Crippen LogP contribution in [-0.2, 0) is 9.53 Å². The molecule has 1 saturated heterocycles. The van der Waals surface area contributed by atoms with Crippen LogP contribution in [-0.4, -0.2) is 25.2 Å². The number of hydrogen-bond acceptors (Lipinski definition) is 2. The molecule has 1 aromatic carbocycles. The van der Waals surface area contributed by atoms with Gasteiger partial charge in [0.1, 0.15) is 6.10 Å². The van der Waals surface area contributed by atoms with Crippen molar-refractivity contribution in [1.29, 1.82) is 0 Å². The van der Waals surface area contributed by atoms with Crippen molar-refractivity contribution in [3.8, 4) is 0 Å². The first-order valence-corrected chi connectivity index (χ1v) is 5.18. The summed E-state index contributed by atoms with van der Waals surface area (Å²) < 4.78 is 5.27. The number of hydrogen-bond donors (Lipinski definition) is 0. The summed E-state index contributed by atoms with van der Waals surface area (Å²) in [4.78, 5) is 13.6. The van der Waals surface area contributed by atoms with Crippen LogP contribution >= 0.6 is 0 Å². The van der Waals surface area contributed by atoms with Gasteiger partial charge in [0, 0.05) is 12.2 Å². The Kier molecular flexibility index (Phi) is 2.73. The van der Waals surface area contributed by atoms with Crippen molar-refractivity contribution >= 4 is 11.6 Å². The molecule has 2 rings (SSSR count). The summed E-state index contributed by atoms with van der Waals surface area (Å²) in [5.74, 6) is 0.0464. The van der Waals surface area contributed by atoms with E-state index in [1.165, 1.54) is 5.56 Å². The Morgan fingerprint density at radius 2 is 2.00 bits per heavy atom. The Morgan fingerprint density at radius 1 is 1.33 bits per heavy atom. The van der Waals surface area contributed by atoms with Crippen LogP contribution in [0.3, 0.4) is 0 Å². The van der Waals surface area contributed by atoms with E-state index in [-0.39, 0.29) is 12.0 Å². The third-order valence-electron chi connectivity index (χ3n) is 2.64. The second-order valence-electron chi connectivity index (χ2n) is 3.84. The predicted octanol–water partition coefficient (Wildman–Crippen LogP) is 1.75. The number of morpholine rings is 1. The summed E-state index contributed by atoms with van der Waals surface area (Å²) >= 11 is 0. The van der Waals surface area contributed by atoms with Gasteiger partial charge in [0.15, 0.2) is 0 Å². The van der Waals surface area contributed by atoms with Gasteiger partial charge >= 0.3 is 0 Å². The number of amides is 1. The molecule has 1 fully saturated rings. The highest BCUT2D eigenvalue weighted by atomic mass is 16.5. The van der Waals surface area contributed by atoms with E-state index in [1.807, 2.05) is 31.2 Å². The molecular formula is C12H15NO2. The summed E-state index contributed by atoms with van der Waals surface area (Å²) in [6.45, 7) is 5.09. The highest BCUT2D eigenvalue weighted by Crippen LogP contribution is 2.19. The van der Waals surface area contributed by atoms with Crippen LogP contribution in [0.5, 0.6) is 0 Å². The maximum absolute atomic E-state index is 11.8. The lowest BCUT2D eigenvalue weighted by molar-refractivity contribution is -0.132. The lowest BCUT2D eigenvalue weighted by Gasteiger charge is -2.30. The van der Waals surface area contributed by atoms with Gasteiger partial charge in [-0.1, -0.05) is 17.7 Å². The number of aryl methyl sites for hydroxylation is 1. The maximum Gasteiger partial charge on any atom is 0.255 e. The van der Waals surface area contributed by atoms with E-state index in [0.717, 1.165) is 5.69 Å². The molecule has 0 radical (unpaired) electrons. The van der Waals surface area contributed by atoms with E-state index >= 15 is 0 Å². The molecule has 80 valence electrons. The Bertz CT molecular complexity index is 358. The number of anilines is 1. The van der Waals surface area contributed by atoms with Crippen LogP contribution in [0, 0.1) is 6.92 Å². The number of carbonyl (C=O) groups excluding carboxylic acids is 1. The van der Waals surface area contributed by atoms with E-state index in [2.05, 4.69) is 0 Å². The van der Waals surface area contributed by atoms with E-state index in [0.29, 0.717) is 13.2 Å². The molecule has 0 saturated carbocycles. The average molecular weight is 205 g/mol. The maximum atomic E-state index is 11.8. The Labute approximate surface area is 89.7 Å². The molecule has 1 amide bonds. The zero-order chi connectivity index (χ0) is 10.8. The first-order chi connectivity index (χ1) is 7.18. The summed E-state index contributed by atoms with van der Waals surface area (Å²) in [6, 6.07) is 7.99. The fraction of sp³-hybridized carbons (Fsp3) is 0.417. The number of nitrogens with zero attached hydrogens (tertiary/aromatic N) is 1. The fourth-order valence-electron chi connectivity index (χ4n) is 1.70. The molecule has 3 nitrogen and oxygen atoms in total. The van der Waals surface area contributed by atoms with Gasteiger partial charge < -0.3 is 9.64 Å². The summed E-state index contributed by atoms with van der Waals surface area (Å²) in [7, 11) is 0. The van der Waals surface area contributed by atoms with Gasteiger partial charge in [0.2, 0.25) is 0 Å². The van der Waals surface area contributed by atoms with Crippen molar-refractivity contribution in [2.45, 2.75) is 20.0 Å². The van der Waals surface area contributed by atoms with Gasteiger partial charge in [0.25, 0.3) is 5.91 Å². The first-order valence-electron chi connectivity index (χ1n) is 5.18. The zero-order valence-electron chi connectivity index (χ0n) is 9.06. The molecule has 1 heterocycles. The average Bonchev–Trinajstić information content (AvgIpc) is 2.24. The van der Waals surface area contributed by atoms with Gasteiger partial charge in [-0.25, -0.2) is 0 Å². The SMILES string of the molecule is Cc1ccc(N2CCOC(C)C2=O)cc1. The van der Waals surface area contributed by atoms with Crippen LogP contribution in [0.2, 0.25) is 0 Å². The second-order valence-corrected chi connectivity index (χ2v) is 3.84. The van der Waals surface area contributed by atoms with Crippen molar-refractivity contribution in [2.75, 3.05) is 18.1 Å². The van der Waals surface area contributed by atoms with E-state index in [1.54, 1.807) is 11.8 Å². The summed E-state index contributed by atoms with van der Waals surface area (Å²) in [5.41, 5.74) is 2.16. The molecule has 0 spiro atoms. The molecule has 1 aliphatic rings. The minimum atomic E-state index is -0.319. The van der Waals surface area contributed by atoms with Gasteiger partial charge in [-0.3, -0.25) is 4.79 Å². The molecule has 0 bridgehead atoms. The lowest BCUT2D eigenvalue weighted by atomic mass is 10.2. The van der Waals surface area contributed by atoms with E-state index < -0.39 is 0 Å². The molecule has 0 N–H and O–H groups in total. The number of ether oxygens (including phenoxy) is 1.